The van der Waals surface area contributed by atoms with E-state index in [1.807, 2.05) is 6.92 Å². The second kappa shape index (κ2) is 4.63. The second-order valence-corrected chi connectivity index (χ2v) is 4.77. The topological polar surface area (TPSA) is 57.9 Å². The number of imidazole rings is 1. The zero-order chi connectivity index (χ0) is 10.8. The molecule has 0 saturated carbocycles. The Labute approximate surface area is 98.4 Å². The fourth-order valence-corrected chi connectivity index (χ4v) is 2.83. The molecule has 0 radical (unpaired) electrons. The summed E-state index contributed by atoms with van der Waals surface area (Å²) in [5.41, 5.74) is 6.97. The summed E-state index contributed by atoms with van der Waals surface area (Å²) in [5, 5.41) is 0. The van der Waals surface area contributed by atoms with Gasteiger partial charge in [-0.25, -0.2) is 4.98 Å². The minimum atomic E-state index is 0.281. The molecule has 0 aromatic carbocycles. The van der Waals surface area contributed by atoms with Crippen LogP contribution in [0.3, 0.4) is 0 Å². The highest BCUT2D eigenvalue weighted by molar-refractivity contribution is 9.10. The van der Waals surface area contributed by atoms with Crippen molar-refractivity contribution >= 4 is 15.9 Å². The van der Waals surface area contributed by atoms with E-state index in [2.05, 4.69) is 30.8 Å². The Morgan fingerprint density at radius 2 is 2.20 bits per heavy atom. The van der Waals surface area contributed by atoms with Crippen LogP contribution in [0.1, 0.15) is 30.4 Å². The smallest absolute Gasteiger partial charge is 0.129 e. The molecule has 2 rings (SSSR count). The second-order valence-electron chi connectivity index (χ2n) is 4.02. The number of hydrogen-bond acceptors (Lipinski definition) is 3. The normalized spacial score (nSPS) is 19.7. The molecule has 1 atom stereocenters. The number of hydrogen-bond donors (Lipinski definition) is 2. The van der Waals surface area contributed by atoms with Gasteiger partial charge in [-0.05, 0) is 48.8 Å². The molecule has 5 heteroatoms. The molecule has 84 valence electrons. The average Bonchev–Trinajstić information content (AvgIpc) is 2.79. The highest BCUT2D eigenvalue weighted by Crippen LogP contribution is 2.27. The first-order valence-electron chi connectivity index (χ1n) is 5.38. The Bertz CT molecular complexity index is 330. The van der Waals surface area contributed by atoms with Crippen LogP contribution in [0.5, 0.6) is 0 Å². The van der Waals surface area contributed by atoms with Gasteiger partial charge < -0.3 is 10.7 Å². The number of aromatic nitrogens is 2. The van der Waals surface area contributed by atoms with Gasteiger partial charge in [0.05, 0.1) is 11.7 Å². The number of halogens is 1. The van der Waals surface area contributed by atoms with Gasteiger partial charge in [0, 0.05) is 6.54 Å². The SMILES string of the molecule is Cc1nc(Br)c(C(CN)N2CCCC2)[nH]1. The van der Waals surface area contributed by atoms with E-state index < -0.39 is 0 Å². The fourth-order valence-electron chi connectivity index (χ4n) is 2.21. The van der Waals surface area contributed by atoms with E-state index in [0.29, 0.717) is 6.54 Å². The molecular formula is C10H17BrN4. The molecule has 2 heterocycles. The Balaban J connectivity index is 2.21. The van der Waals surface area contributed by atoms with Gasteiger partial charge in [-0.3, -0.25) is 4.90 Å². The van der Waals surface area contributed by atoms with Crippen molar-refractivity contribution in [3.63, 3.8) is 0 Å². The Kier molecular flexibility index (Phi) is 3.43. The van der Waals surface area contributed by atoms with E-state index >= 15 is 0 Å². The van der Waals surface area contributed by atoms with Crippen molar-refractivity contribution in [2.75, 3.05) is 19.6 Å². The molecule has 1 aromatic heterocycles. The third kappa shape index (κ3) is 2.24. The van der Waals surface area contributed by atoms with Gasteiger partial charge >= 0.3 is 0 Å². The quantitative estimate of drug-likeness (QED) is 0.879. The predicted molar refractivity (Wildman–Crippen MR) is 63.6 cm³/mol. The highest BCUT2D eigenvalue weighted by atomic mass is 79.9. The molecule has 1 aliphatic heterocycles. The molecule has 3 N–H and O–H groups in total. The zero-order valence-electron chi connectivity index (χ0n) is 8.96. The Morgan fingerprint density at radius 3 is 2.67 bits per heavy atom. The summed E-state index contributed by atoms with van der Waals surface area (Å²) in [6, 6.07) is 0.281. The minimum Gasteiger partial charge on any atom is -0.344 e. The van der Waals surface area contributed by atoms with Crippen LogP contribution < -0.4 is 5.73 Å². The molecule has 1 aliphatic rings. The number of aryl methyl sites for hydroxylation is 1. The van der Waals surface area contributed by atoms with Gasteiger partial charge in [0.25, 0.3) is 0 Å². The summed E-state index contributed by atoms with van der Waals surface area (Å²) in [6.45, 7) is 4.89. The van der Waals surface area contributed by atoms with Gasteiger partial charge in [-0.1, -0.05) is 0 Å². The maximum absolute atomic E-state index is 5.85. The lowest BCUT2D eigenvalue weighted by Crippen LogP contribution is -2.31. The maximum Gasteiger partial charge on any atom is 0.129 e. The Hall–Kier alpha value is -0.390. The molecule has 1 aromatic rings. The van der Waals surface area contributed by atoms with Crippen LogP contribution >= 0.6 is 15.9 Å². The lowest BCUT2D eigenvalue weighted by Gasteiger charge is -2.25. The summed E-state index contributed by atoms with van der Waals surface area (Å²) >= 11 is 3.48. The van der Waals surface area contributed by atoms with Crippen LogP contribution in [0.2, 0.25) is 0 Å². The first kappa shape index (κ1) is 11.1. The van der Waals surface area contributed by atoms with Crippen molar-refractivity contribution < 1.29 is 0 Å². The lowest BCUT2D eigenvalue weighted by molar-refractivity contribution is 0.246. The van der Waals surface area contributed by atoms with Gasteiger partial charge in [0.15, 0.2) is 0 Å². The summed E-state index contributed by atoms with van der Waals surface area (Å²) < 4.78 is 0.905. The molecule has 1 fully saturated rings. The predicted octanol–water partition coefficient (Wildman–Crippen LogP) is 1.58. The first-order chi connectivity index (χ1) is 7.22. The third-order valence-electron chi connectivity index (χ3n) is 2.94. The fraction of sp³-hybridized carbons (Fsp3) is 0.700. The van der Waals surface area contributed by atoms with Crippen LogP contribution in [0, 0.1) is 6.92 Å². The van der Waals surface area contributed by atoms with Gasteiger partial charge in [-0.15, -0.1) is 0 Å². The summed E-state index contributed by atoms with van der Waals surface area (Å²) in [7, 11) is 0. The van der Waals surface area contributed by atoms with Crippen molar-refractivity contribution in [2.24, 2.45) is 5.73 Å². The van der Waals surface area contributed by atoms with E-state index in [0.717, 1.165) is 29.2 Å². The zero-order valence-corrected chi connectivity index (χ0v) is 10.5. The molecule has 4 nitrogen and oxygen atoms in total. The van der Waals surface area contributed by atoms with Crippen LogP contribution in [0.4, 0.5) is 0 Å². The number of nitrogens with two attached hydrogens (primary N) is 1. The molecule has 0 bridgehead atoms. The van der Waals surface area contributed by atoms with E-state index in [1.165, 1.54) is 12.8 Å². The number of nitrogens with zero attached hydrogens (tertiary/aromatic N) is 2. The maximum atomic E-state index is 5.85. The lowest BCUT2D eigenvalue weighted by atomic mass is 10.2. The molecule has 0 spiro atoms. The van der Waals surface area contributed by atoms with E-state index in [1.54, 1.807) is 0 Å². The molecule has 1 unspecified atom stereocenters. The molecular weight excluding hydrogens is 256 g/mol. The minimum absolute atomic E-state index is 0.281. The number of H-pyrrole nitrogens is 1. The van der Waals surface area contributed by atoms with Crippen LogP contribution in [-0.4, -0.2) is 34.5 Å². The van der Waals surface area contributed by atoms with Crippen molar-refractivity contribution in [3.05, 3.63) is 16.1 Å². The average molecular weight is 273 g/mol. The van der Waals surface area contributed by atoms with Crippen molar-refractivity contribution in [2.45, 2.75) is 25.8 Å². The molecule has 0 aliphatic carbocycles. The highest BCUT2D eigenvalue weighted by Gasteiger charge is 2.25. The van der Waals surface area contributed by atoms with Crippen molar-refractivity contribution in [3.8, 4) is 0 Å². The standard InChI is InChI=1S/C10H17BrN4/c1-7-13-9(10(11)14-7)8(6-12)15-4-2-3-5-15/h8H,2-6,12H2,1H3,(H,13,14). The third-order valence-corrected chi connectivity index (χ3v) is 3.55. The van der Waals surface area contributed by atoms with Gasteiger partial charge in [0.1, 0.15) is 10.4 Å². The van der Waals surface area contributed by atoms with Crippen LogP contribution in [0.15, 0.2) is 4.60 Å². The summed E-state index contributed by atoms with van der Waals surface area (Å²) in [4.78, 5) is 10.1. The molecule has 15 heavy (non-hydrogen) atoms. The van der Waals surface area contributed by atoms with E-state index in [4.69, 9.17) is 5.73 Å². The van der Waals surface area contributed by atoms with Crippen LogP contribution in [0.25, 0.3) is 0 Å². The summed E-state index contributed by atoms with van der Waals surface area (Å²) in [5.74, 6) is 0.939. The molecule has 1 saturated heterocycles. The van der Waals surface area contributed by atoms with Gasteiger partial charge in [0.2, 0.25) is 0 Å². The van der Waals surface area contributed by atoms with E-state index in [9.17, 15) is 0 Å². The number of aromatic amines is 1. The largest absolute Gasteiger partial charge is 0.344 e. The number of nitrogens with one attached hydrogen (secondary N) is 1. The number of rotatable bonds is 3. The van der Waals surface area contributed by atoms with Gasteiger partial charge in [-0.2, -0.15) is 0 Å². The van der Waals surface area contributed by atoms with Crippen LogP contribution in [-0.2, 0) is 0 Å². The van der Waals surface area contributed by atoms with Crippen molar-refractivity contribution in [1.29, 1.82) is 0 Å². The van der Waals surface area contributed by atoms with Crippen molar-refractivity contribution in [1.82, 2.24) is 14.9 Å². The van der Waals surface area contributed by atoms with E-state index in [-0.39, 0.29) is 6.04 Å². The number of likely N-dealkylation sites (tertiary alicyclic amines) is 1. The monoisotopic (exact) mass is 272 g/mol. The first-order valence-corrected chi connectivity index (χ1v) is 6.18. The Morgan fingerprint density at radius 1 is 1.53 bits per heavy atom. The summed E-state index contributed by atoms with van der Waals surface area (Å²) in [6.07, 6.45) is 2.56. The molecule has 0 amide bonds.